The summed E-state index contributed by atoms with van der Waals surface area (Å²) >= 11 is 1.22. The van der Waals surface area contributed by atoms with Gasteiger partial charge in [0.15, 0.2) is 5.13 Å². The van der Waals surface area contributed by atoms with Crippen LogP contribution in [-0.4, -0.2) is 59.2 Å². The first-order valence-electron chi connectivity index (χ1n) is 15.3. The molecule has 0 saturated heterocycles. The predicted molar refractivity (Wildman–Crippen MR) is 180 cm³/mol. The molecule has 1 saturated carbocycles. The number of benzene rings is 3. The number of carbonyl (C=O) groups excluding carboxylic acids is 5. The van der Waals surface area contributed by atoms with Crippen LogP contribution in [0.2, 0.25) is 0 Å². The fourth-order valence-corrected chi connectivity index (χ4v) is 5.22. The average Bonchev–Trinajstić information content (AvgIpc) is 3.82. The largest absolute Gasteiger partial charge is 0.458 e. The molecule has 3 amide bonds. The number of anilines is 3. The third-order valence-corrected chi connectivity index (χ3v) is 8.08. The van der Waals surface area contributed by atoms with Crippen molar-refractivity contribution in [2.24, 2.45) is 5.73 Å². The molecule has 0 aliphatic heterocycles. The summed E-state index contributed by atoms with van der Waals surface area (Å²) in [7, 11) is 0. The number of aryl methyl sites for hydroxylation is 1. The first-order chi connectivity index (χ1) is 24.5. The summed E-state index contributed by atoms with van der Waals surface area (Å²) in [5.74, 6) is -7.51. The molecule has 6 N–H and O–H groups in total. The molecule has 0 unspecified atom stereocenters. The number of nitrogens with one attached hydrogen (secondary N) is 4. The number of carbonyl (C=O) groups is 5. The van der Waals surface area contributed by atoms with Gasteiger partial charge in [-0.1, -0.05) is 59.9 Å². The van der Waals surface area contributed by atoms with Crippen LogP contribution in [0.1, 0.15) is 44.0 Å². The molecule has 0 spiro atoms. The number of hydrogen-bond donors (Lipinski definition) is 5. The van der Waals surface area contributed by atoms with Gasteiger partial charge >= 0.3 is 23.9 Å². The first kappa shape index (κ1) is 39.2. The van der Waals surface area contributed by atoms with E-state index in [1.54, 1.807) is 30.3 Å². The van der Waals surface area contributed by atoms with E-state index in [4.69, 9.17) is 10.7 Å². The summed E-state index contributed by atoms with van der Waals surface area (Å²) in [6.07, 6.45) is -9.52. The highest BCUT2D eigenvalue weighted by Gasteiger charge is 2.54. The molecule has 1 heterocycles. The molecule has 0 radical (unpaired) electrons. The van der Waals surface area contributed by atoms with Crippen molar-refractivity contribution >= 4 is 57.1 Å². The number of Topliss-reactive ketones (excluding diaryl/α,β-unsaturated/α-hetero) is 2. The van der Waals surface area contributed by atoms with Crippen molar-refractivity contribution in [1.29, 1.82) is 0 Å². The lowest BCUT2D eigenvalue weighted by atomic mass is 10.1. The van der Waals surface area contributed by atoms with E-state index in [1.807, 2.05) is 49.4 Å². The van der Waals surface area contributed by atoms with Crippen LogP contribution in [0.3, 0.4) is 0 Å². The van der Waals surface area contributed by atoms with Gasteiger partial charge in [-0.05, 0) is 55.2 Å². The second-order valence-corrected chi connectivity index (χ2v) is 12.3. The summed E-state index contributed by atoms with van der Waals surface area (Å²) < 4.78 is 67.0. The van der Waals surface area contributed by atoms with Gasteiger partial charge in [-0.2, -0.15) is 26.3 Å². The second-order valence-electron chi connectivity index (χ2n) is 11.3. The lowest BCUT2D eigenvalue weighted by Gasteiger charge is -2.10. The van der Waals surface area contributed by atoms with Crippen LogP contribution in [0.25, 0.3) is 11.3 Å². The molecule has 11 nitrogen and oxygen atoms in total. The van der Waals surface area contributed by atoms with Gasteiger partial charge in [-0.25, -0.2) is 4.98 Å². The van der Waals surface area contributed by atoms with Gasteiger partial charge in [0, 0.05) is 35.1 Å². The molecule has 1 aromatic heterocycles. The Labute approximate surface area is 296 Å². The van der Waals surface area contributed by atoms with E-state index in [0.29, 0.717) is 39.1 Å². The maximum Gasteiger partial charge on any atom is 0.458 e. The molecule has 5 rings (SSSR count). The van der Waals surface area contributed by atoms with E-state index in [1.165, 1.54) is 11.3 Å². The number of ketones is 2. The highest BCUT2D eigenvalue weighted by atomic mass is 32.1. The van der Waals surface area contributed by atoms with Crippen molar-refractivity contribution in [2.75, 3.05) is 17.2 Å². The Kier molecular flexibility index (Phi) is 12.5. The molecule has 0 atom stereocenters. The zero-order chi connectivity index (χ0) is 38.2. The van der Waals surface area contributed by atoms with Crippen LogP contribution < -0.4 is 27.0 Å². The predicted octanol–water partition coefficient (Wildman–Crippen LogP) is 5.83. The fourth-order valence-electron chi connectivity index (χ4n) is 4.30. The minimum atomic E-state index is -5.77. The number of nitrogens with zero attached hydrogens (tertiary/aromatic N) is 1. The standard InChI is InChI=1S/C30H30N6O3S.C4F6O2/c1-18-10-11-21(28(38)34-22-12-13-22)15-24(18)35-30-36-26(20-8-5-9-23(14-20)33-25(37)16-31)27(40-30)29(39)32-17-19-6-3-2-4-7-19;5-3(6,7)1(11)2(12)4(8,9)10/h2-11,14-15,22H,12-13,16-17,31H2,1H3,(H,32,39)(H,33,37)(H,34,38)(H,35,36);. The van der Waals surface area contributed by atoms with E-state index in [-0.39, 0.29) is 30.3 Å². The highest BCUT2D eigenvalue weighted by Crippen LogP contribution is 2.35. The Bertz CT molecular complexity index is 1940. The average molecular weight is 749 g/mol. The highest BCUT2D eigenvalue weighted by molar-refractivity contribution is 7.18. The number of nitrogens with two attached hydrogens (primary N) is 1. The lowest BCUT2D eigenvalue weighted by Crippen LogP contribution is -2.39. The molecular formula is C34H30F6N6O5S. The minimum absolute atomic E-state index is 0.109. The van der Waals surface area contributed by atoms with Crippen molar-refractivity contribution in [1.82, 2.24) is 15.6 Å². The van der Waals surface area contributed by atoms with Gasteiger partial charge in [-0.15, -0.1) is 0 Å². The SMILES string of the molecule is Cc1ccc(C(=O)NC2CC2)cc1Nc1nc(-c2cccc(NC(=O)CN)c2)c(C(=O)NCc2ccccc2)s1.O=C(C(=O)C(F)(F)F)C(F)(F)F. The van der Waals surface area contributed by atoms with E-state index in [0.717, 1.165) is 29.7 Å². The molecule has 18 heteroatoms. The summed E-state index contributed by atoms with van der Waals surface area (Å²) in [6.45, 7) is 2.17. The number of thiazole rings is 1. The molecule has 4 aromatic rings. The van der Waals surface area contributed by atoms with Crippen molar-refractivity contribution in [2.45, 2.75) is 44.7 Å². The van der Waals surface area contributed by atoms with Crippen molar-refractivity contribution in [3.63, 3.8) is 0 Å². The Hall–Kier alpha value is -5.62. The number of halogens is 6. The number of aromatic nitrogens is 1. The van der Waals surface area contributed by atoms with E-state index < -0.39 is 23.9 Å². The summed E-state index contributed by atoms with van der Waals surface area (Å²) in [4.78, 5) is 62.3. The Morgan fingerprint density at radius 1 is 0.846 bits per heavy atom. The third-order valence-electron chi connectivity index (χ3n) is 7.11. The number of hydrogen-bond acceptors (Lipinski definition) is 9. The molecule has 274 valence electrons. The Morgan fingerprint density at radius 2 is 1.50 bits per heavy atom. The third kappa shape index (κ3) is 10.9. The first-order valence-corrected chi connectivity index (χ1v) is 16.1. The van der Waals surface area contributed by atoms with E-state index in [2.05, 4.69) is 21.3 Å². The van der Waals surface area contributed by atoms with Crippen LogP contribution in [0.5, 0.6) is 0 Å². The zero-order valence-corrected chi connectivity index (χ0v) is 27.9. The zero-order valence-electron chi connectivity index (χ0n) is 27.1. The van der Waals surface area contributed by atoms with Crippen molar-refractivity contribution in [3.8, 4) is 11.3 Å². The maximum atomic E-state index is 13.4. The van der Waals surface area contributed by atoms with Gasteiger partial charge in [0.05, 0.1) is 12.2 Å². The Morgan fingerprint density at radius 3 is 2.10 bits per heavy atom. The summed E-state index contributed by atoms with van der Waals surface area (Å²) in [5, 5.41) is 12.5. The van der Waals surface area contributed by atoms with Crippen molar-refractivity contribution < 1.29 is 50.3 Å². The molecule has 1 fully saturated rings. The molecule has 0 bridgehead atoms. The van der Waals surface area contributed by atoms with Crippen LogP contribution in [0.4, 0.5) is 42.8 Å². The molecule has 1 aliphatic carbocycles. The molecule has 52 heavy (non-hydrogen) atoms. The number of alkyl halides is 6. The minimum Gasteiger partial charge on any atom is -0.349 e. The van der Waals surface area contributed by atoms with Crippen LogP contribution in [0, 0.1) is 6.92 Å². The molecule has 1 aliphatic rings. The number of amides is 3. The number of rotatable bonds is 11. The monoisotopic (exact) mass is 748 g/mol. The van der Waals surface area contributed by atoms with Crippen molar-refractivity contribution in [3.05, 3.63) is 94.4 Å². The lowest BCUT2D eigenvalue weighted by molar-refractivity contribution is -0.193. The van der Waals surface area contributed by atoms with Gasteiger partial charge in [-0.3, -0.25) is 24.0 Å². The van der Waals surface area contributed by atoms with Crippen LogP contribution in [0.15, 0.2) is 72.8 Å². The quantitative estimate of drug-likeness (QED) is 0.0942. The Balaban J connectivity index is 0.000000434. The van der Waals surface area contributed by atoms with Gasteiger partial charge in [0.1, 0.15) is 4.88 Å². The summed E-state index contributed by atoms with van der Waals surface area (Å²) in [5.41, 5.74) is 10.3. The second kappa shape index (κ2) is 16.6. The van der Waals surface area contributed by atoms with Gasteiger partial charge < -0.3 is 27.0 Å². The van der Waals surface area contributed by atoms with E-state index >= 15 is 0 Å². The molecular weight excluding hydrogens is 718 g/mol. The smallest absolute Gasteiger partial charge is 0.349 e. The topological polar surface area (TPSA) is 172 Å². The normalized spacial score (nSPS) is 12.5. The maximum absolute atomic E-state index is 13.4. The fraction of sp³-hybridized carbons (Fsp3) is 0.235. The molecule has 3 aromatic carbocycles. The van der Waals surface area contributed by atoms with Crippen LogP contribution in [-0.2, 0) is 20.9 Å². The van der Waals surface area contributed by atoms with Gasteiger partial charge in [0.2, 0.25) is 5.91 Å². The van der Waals surface area contributed by atoms with Gasteiger partial charge in [0.25, 0.3) is 11.8 Å². The van der Waals surface area contributed by atoms with E-state index in [9.17, 15) is 50.3 Å². The summed E-state index contributed by atoms with van der Waals surface area (Å²) in [6, 6.07) is 22.5. The van der Waals surface area contributed by atoms with Crippen LogP contribution >= 0.6 is 11.3 Å².